The van der Waals surface area contributed by atoms with Crippen LogP contribution in [0, 0.1) is 0 Å². The van der Waals surface area contributed by atoms with Gasteiger partial charge in [0, 0.05) is 12.6 Å². The minimum Gasteiger partial charge on any atom is -0.344 e. The van der Waals surface area contributed by atoms with E-state index in [0.29, 0.717) is 19.5 Å². The molecule has 3 nitrogen and oxygen atoms in total. The number of amides is 1. The zero-order chi connectivity index (χ0) is 9.19. The maximum atomic E-state index is 11.7. The first-order chi connectivity index (χ1) is 5.50. The fourth-order valence-corrected chi connectivity index (χ4v) is 1.05. The summed E-state index contributed by atoms with van der Waals surface area (Å²) >= 11 is 0. The first-order valence-electron chi connectivity index (χ1n) is 3.58. The van der Waals surface area contributed by atoms with E-state index in [4.69, 9.17) is 0 Å². The molecule has 0 aromatic heterocycles. The van der Waals surface area contributed by atoms with E-state index in [9.17, 15) is 18.0 Å². The molecule has 0 saturated carbocycles. The van der Waals surface area contributed by atoms with Crippen LogP contribution in [-0.4, -0.2) is 31.2 Å². The maximum absolute atomic E-state index is 11.7. The summed E-state index contributed by atoms with van der Waals surface area (Å²) in [7, 11) is 0. The number of alkyl halides is 3. The van der Waals surface area contributed by atoms with Crippen molar-refractivity contribution in [2.24, 2.45) is 0 Å². The van der Waals surface area contributed by atoms with E-state index in [1.165, 1.54) is 0 Å². The fraction of sp³-hybridized carbons (Fsp3) is 0.833. The first-order valence-corrected chi connectivity index (χ1v) is 3.58. The second kappa shape index (κ2) is 3.30. The van der Waals surface area contributed by atoms with Gasteiger partial charge in [-0.1, -0.05) is 0 Å². The minimum absolute atomic E-state index is 0.376. The number of hydrogen-bond acceptors (Lipinski definition) is 2. The van der Waals surface area contributed by atoms with E-state index in [0.717, 1.165) is 0 Å². The molecule has 0 aromatic carbocycles. The van der Waals surface area contributed by atoms with Crippen LogP contribution in [0.3, 0.4) is 0 Å². The molecule has 70 valence electrons. The summed E-state index contributed by atoms with van der Waals surface area (Å²) in [6, 6.07) is -0.376. The van der Waals surface area contributed by atoms with Crippen molar-refractivity contribution in [1.29, 1.82) is 0 Å². The highest BCUT2D eigenvalue weighted by atomic mass is 19.4. The van der Waals surface area contributed by atoms with Crippen LogP contribution in [-0.2, 0) is 4.79 Å². The second-order valence-electron chi connectivity index (χ2n) is 2.66. The van der Waals surface area contributed by atoms with Crippen LogP contribution in [0.25, 0.3) is 0 Å². The smallest absolute Gasteiger partial charge is 0.344 e. The molecule has 0 radical (unpaired) electrons. The molecule has 1 aliphatic heterocycles. The van der Waals surface area contributed by atoms with E-state index < -0.39 is 12.1 Å². The first kappa shape index (κ1) is 9.31. The van der Waals surface area contributed by atoms with Gasteiger partial charge in [0.05, 0.1) is 0 Å². The van der Waals surface area contributed by atoms with Crippen LogP contribution in [0.2, 0.25) is 0 Å². The Morgan fingerprint density at radius 3 is 2.58 bits per heavy atom. The van der Waals surface area contributed by atoms with Gasteiger partial charge in [0.25, 0.3) is 0 Å². The molecular weight excluding hydrogens is 173 g/mol. The van der Waals surface area contributed by atoms with Gasteiger partial charge in [-0.2, -0.15) is 13.2 Å². The molecule has 1 aliphatic rings. The van der Waals surface area contributed by atoms with E-state index in [1.807, 2.05) is 5.32 Å². The lowest BCUT2D eigenvalue weighted by Gasteiger charge is -2.12. The van der Waals surface area contributed by atoms with E-state index >= 15 is 0 Å². The van der Waals surface area contributed by atoms with Gasteiger partial charge in [0.1, 0.15) is 0 Å². The molecule has 12 heavy (non-hydrogen) atoms. The number of halogens is 3. The number of carbonyl (C=O) groups excluding carboxylic acids is 1. The lowest BCUT2D eigenvalue weighted by atomic mass is 10.2. The van der Waals surface area contributed by atoms with Crippen molar-refractivity contribution in [2.45, 2.75) is 18.6 Å². The molecule has 1 saturated heterocycles. The maximum Gasteiger partial charge on any atom is 0.471 e. The molecule has 2 N–H and O–H groups in total. The SMILES string of the molecule is O=C(NC1CCNC1)C(F)(F)F. The van der Waals surface area contributed by atoms with Gasteiger partial charge in [-0.3, -0.25) is 4.79 Å². The fourth-order valence-electron chi connectivity index (χ4n) is 1.05. The van der Waals surface area contributed by atoms with Gasteiger partial charge < -0.3 is 10.6 Å². The Morgan fingerprint density at radius 2 is 2.17 bits per heavy atom. The zero-order valence-electron chi connectivity index (χ0n) is 6.24. The number of carbonyl (C=O) groups is 1. The summed E-state index contributed by atoms with van der Waals surface area (Å²) in [5, 5.41) is 4.74. The second-order valence-corrected chi connectivity index (χ2v) is 2.66. The van der Waals surface area contributed by atoms with Crippen LogP contribution >= 0.6 is 0 Å². The summed E-state index contributed by atoms with van der Waals surface area (Å²) < 4.78 is 35.0. The normalized spacial score (nSPS) is 24.1. The molecule has 1 rings (SSSR count). The van der Waals surface area contributed by atoms with E-state index in [-0.39, 0.29) is 6.04 Å². The Bertz CT molecular complexity index is 174. The van der Waals surface area contributed by atoms with Gasteiger partial charge in [0.15, 0.2) is 0 Å². The van der Waals surface area contributed by atoms with Crippen LogP contribution in [0.5, 0.6) is 0 Å². The molecule has 1 fully saturated rings. The topological polar surface area (TPSA) is 41.1 Å². The molecule has 0 spiro atoms. The molecule has 1 unspecified atom stereocenters. The van der Waals surface area contributed by atoms with Crippen molar-refractivity contribution < 1.29 is 18.0 Å². The standard InChI is InChI=1S/C6H9F3N2O/c7-6(8,9)5(12)11-4-1-2-10-3-4/h4,10H,1-3H2,(H,11,12). The lowest BCUT2D eigenvalue weighted by Crippen LogP contribution is -2.43. The summed E-state index contributed by atoms with van der Waals surface area (Å²) in [6.45, 7) is 1.07. The van der Waals surface area contributed by atoms with Gasteiger partial charge in [-0.05, 0) is 13.0 Å². The zero-order valence-corrected chi connectivity index (χ0v) is 6.24. The summed E-state index contributed by atoms with van der Waals surface area (Å²) in [5.74, 6) is -1.85. The summed E-state index contributed by atoms with van der Waals surface area (Å²) in [5.41, 5.74) is 0. The monoisotopic (exact) mass is 182 g/mol. The van der Waals surface area contributed by atoms with Gasteiger partial charge >= 0.3 is 12.1 Å². The number of nitrogens with one attached hydrogen (secondary N) is 2. The van der Waals surface area contributed by atoms with Crippen LogP contribution in [0.1, 0.15) is 6.42 Å². The molecule has 1 atom stereocenters. The number of hydrogen-bond donors (Lipinski definition) is 2. The highest BCUT2D eigenvalue weighted by Gasteiger charge is 2.39. The van der Waals surface area contributed by atoms with E-state index in [1.54, 1.807) is 0 Å². The summed E-state index contributed by atoms with van der Waals surface area (Å²) in [4.78, 5) is 10.4. The highest BCUT2D eigenvalue weighted by Crippen LogP contribution is 2.15. The molecule has 1 amide bonds. The van der Waals surface area contributed by atoms with Crippen molar-refractivity contribution in [3.63, 3.8) is 0 Å². The van der Waals surface area contributed by atoms with Crippen molar-refractivity contribution in [3.05, 3.63) is 0 Å². The Kier molecular flexibility index (Phi) is 2.56. The molecule has 0 aliphatic carbocycles. The number of rotatable bonds is 1. The minimum atomic E-state index is -4.76. The molecule has 1 heterocycles. The Labute approximate surface area is 67.3 Å². The predicted molar refractivity (Wildman–Crippen MR) is 35.5 cm³/mol. The molecule has 6 heteroatoms. The highest BCUT2D eigenvalue weighted by molar-refractivity contribution is 5.81. The molecule has 0 aromatic rings. The van der Waals surface area contributed by atoms with Gasteiger partial charge in [-0.25, -0.2) is 0 Å². The van der Waals surface area contributed by atoms with Crippen molar-refractivity contribution in [3.8, 4) is 0 Å². The van der Waals surface area contributed by atoms with Gasteiger partial charge in [-0.15, -0.1) is 0 Å². The van der Waals surface area contributed by atoms with Gasteiger partial charge in [0.2, 0.25) is 0 Å². The Hall–Kier alpha value is -0.780. The van der Waals surface area contributed by atoms with Crippen LogP contribution in [0.4, 0.5) is 13.2 Å². The van der Waals surface area contributed by atoms with Crippen LogP contribution in [0.15, 0.2) is 0 Å². The Balaban J connectivity index is 2.35. The molecular formula is C6H9F3N2O. The third kappa shape index (κ3) is 2.37. The van der Waals surface area contributed by atoms with Crippen molar-refractivity contribution in [1.82, 2.24) is 10.6 Å². The van der Waals surface area contributed by atoms with Crippen molar-refractivity contribution in [2.75, 3.05) is 13.1 Å². The quantitative estimate of drug-likeness (QED) is 0.600. The summed E-state index contributed by atoms with van der Waals surface area (Å²) in [6.07, 6.45) is -4.20. The average Bonchev–Trinajstić information content (AvgIpc) is 2.37. The predicted octanol–water partition coefficient (Wildman–Crippen LogP) is 0.0268. The third-order valence-electron chi connectivity index (χ3n) is 1.65. The lowest BCUT2D eigenvalue weighted by molar-refractivity contribution is -0.174. The van der Waals surface area contributed by atoms with E-state index in [2.05, 4.69) is 5.32 Å². The Morgan fingerprint density at radius 1 is 1.50 bits per heavy atom. The van der Waals surface area contributed by atoms with Crippen LogP contribution < -0.4 is 10.6 Å². The largest absolute Gasteiger partial charge is 0.471 e. The third-order valence-corrected chi connectivity index (χ3v) is 1.65. The molecule has 0 bridgehead atoms. The van der Waals surface area contributed by atoms with Crippen molar-refractivity contribution >= 4 is 5.91 Å². The average molecular weight is 182 g/mol.